The fraction of sp³-hybridized carbons (Fsp3) is 0.737. The Bertz CT molecular complexity index is 555. The van der Waals surface area contributed by atoms with Gasteiger partial charge in [0.05, 0.1) is 17.4 Å². The number of nitrogens with zero attached hydrogens (tertiary/aromatic N) is 1. The first-order valence-electron chi connectivity index (χ1n) is 9.90. The Morgan fingerprint density at radius 1 is 1.12 bits per heavy atom. The molecule has 140 valence electrons. The van der Waals surface area contributed by atoms with Gasteiger partial charge >= 0.3 is 0 Å². The molecule has 0 aromatic carbocycles. The summed E-state index contributed by atoms with van der Waals surface area (Å²) in [5.41, 5.74) is 0.753. The highest BCUT2D eigenvalue weighted by Crippen LogP contribution is 2.36. The molecule has 0 N–H and O–H groups in total. The summed E-state index contributed by atoms with van der Waals surface area (Å²) in [5.74, 6) is -0.153. The minimum Gasteiger partial charge on any atom is -0.413 e. The Balaban J connectivity index is 5.75. The average Bonchev–Trinajstić information content (AvgIpc) is 2.49. The van der Waals surface area contributed by atoms with Crippen LogP contribution in [0.3, 0.4) is 0 Å². The summed E-state index contributed by atoms with van der Waals surface area (Å²) in [6.07, 6.45) is 1.56. The van der Waals surface area contributed by atoms with Crippen molar-refractivity contribution in [3.63, 3.8) is 0 Å². The number of carbonyl (C=O) groups excluding carboxylic acids is 1. The molecular weight excluding hydrogens is 330 g/mol. The molecule has 0 heterocycles. The van der Waals surface area contributed by atoms with Crippen LogP contribution in [0.1, 0.15) is 37.4 Å². The van der Waals surface area contributed by atoms with E-state index in [1.807, 2.05) is 13.8 Å². The number of amides is 1. The van der Waals surface area contributed by atoms with Crippen LogP contribution in [-0.4, -0.2) is 46.9 Å². The van der Waals surface area contributed by atoms with Crippen LogP contribution in [0.2, 0.25) is 37.8 Å². The normalized spacial score (nSPS) is 16.3. The number of rotatable bonds is 8. The Morgan fingerprint density at radius 3 is 2.00 bits per heavy atom. The van der Waals surface area contributed by atoms with Gasteiger partial charge in [0.25, 0.3) is 5.91 Å². The summed E-state index contributed by atoms with van der Waals surface area (Å²) in [5, 5.41) is 0.0713. The Labute approximate surface area is 155 Å². The van der Waals surface area contributed by atoms with Crippen molar-refractivity contribution < 1.29 is 12.0 Å². The van der Waals surface area contributed by atoms with E-state index in [-0.39, 0.29) is 23.6 Å². The average molecular weight is 372 g/mol. The van der Waals surface area contributed by atoms with Gasteiger partial charge in [-0.2, -0.15) is 0 Å². The van der Waals surface area contributed by atoms with Crippen molar-refractivity contribution in [2.75, 3.05) is 19.7 Å². The first kappa shape index (κ1) is 19.7. The van der Waals surface area contributed by atoms with Gasteiger partial charge in [-0.05, 0) is 32.0 Å². The van der Waals surface area contributed by atoms with E-state index < -0.39 is 16.4 Å². The third-order valence-electron chi connectivity index (χ3n) is 4.36. The molecule has 0 radical (unpaired) electrons. The molecule has 0 unspecified atom stereocenters. The molecule has 5 heteroatoms. The fourth-order valence-corrected chi connectivity index (χ4v) is 3.68. The maximum Gasteiger partial charge on any atom is 0.253 e. The van der Waals surface area contributed by atoms with Gasteiger partial charge in [-0.15, -0.1) is 0 Å². The van der Waals surface area contributed by atoms with Crippen LogP contribution in [-0.2, 0) is 9.22 Å². The molecule has 24 heavy (non-hydrogen) atoms. The Morgan fingerprint density at radius 2 is 1.62 bits per heavy atom. The second-order valence-electron chi connectivity index (χ2n) is 8.66. The predicted molar refractivity (Wildman–Crippen MR) is 112 cm³/mol. The van der Waals surface area contributed by atoms with Crippen molar-refractivity contribution >= 4 is 22.3 Å². The molecule has 0 saturated heterocycles. The Kier molecular flexibility index (Phi) is 7.50. The van der Waals surface area contributed by atoms with Gasteiger partial charge in [0.2, 0.25) is 0 Å². The van der Waals surface area contributed by atoms with Gasteiger partial charge in [-0.3, -0.25) is 4.79 Å². The molecule has 0 aromatic heterocycles. The third-order valence-corrected chi connectivity index (χ3v) is 9.86. The highest BCUT2D eigenvalue weighted by atomic mass is 28.4. The lowest BCUT2D eigenvalue weighted by Crippen LogP contribution is -2.40. The van der Waals surface area contributed by atoms with Crippen LogP contribution in [0.25, 0.3) is 0 Å². The summed E-state index contributed by atoms with van der Waals surface area (Å²) >= 11 is 0. The van der Waals surface area contributed by atoms with Crippen molar-refractivity contribution in [2.45, 2.75) is 72.4 Å². The van der Waals surface area contributed by atoms with Crippen molar-refractivity contribution in [1.82, 2.24) is 4.90 Å². The fourth-order valence-electron chi connectivity index (χ4n) is 1.82. The molecule has 0 saturated carbocycles. The van der Waals surface area contributed by atoms with E-state index in [2.05, 4.69) is 53.5 Å². The summed E-state index contributed by atoms with van der Waals surface area (Å²) < 4.78 is 23.0. The lowest BCUT2D eigenvalue weighted by atomic mass is 10.2. The number of carbonyl (C=O) groups is 1. The van der Waals surface area contributed by atoms with E-state index >= 15 is 0 Å². The standard InChI is InChI=1S/C19H39NO2Si2/c1-11-20(12-2)18(21)17(16-23(6,7)8)14-13-15-22-24(9,10)19(3,4)5/h13-14,16H,11-12,15H2,1-10H3/b14-13+,17-16-/i13D,16D. The lowest BCUT2D eigenvalue weighted by Gasteiger charge is -2.35. The van der Waals surface area contributed by atoms with Crippen molar-refractivity contribution in [2.24, 2.45) is 0 Å². The van der Waals surface area contributed by atoms with Gasteiger partial charge in [-0.25, -0.2) is 0 Å². The van der Waals surface area contributed by atoms with E-state index in [1.165, 1.54) is 0 Å². The highest BCUT2D eigenvalue weighted by Gasteiger charge is 2.36. The van der Waals surface area contributed by atoms with E-state index in [1.54, 1.807) is 11.0 Å². The second kappa shape index (κ2) is 9.16. The van der Waals surface area contributed by atoms with Crippen molar-refractivity contribution in [3.05, 3.63) is 23.4 Å². The molecular formula is C19H39NO2Si2. The lowest BCUT2D eigenvalue weighted by molar-refractivity contribution is -0.126. The van der Waals surface area contributed by atoms with Crippen LogP contribution in [0.15, 0.2) is 23.4 Å². The third kappa shape index (κ3) is 7.95. The van der Waals surface area contributed by atoms with E-state index in [0.717, 1.165) is 0 Å². The van der Waals surface area contributed by atoms with Crippen LogP contribution in [0.4, 0.5) is 0 Å². The van der Waals surface area contributed by atoms with Gasteiger partial charge in [0.1, 0.15) is 0 Å². The molecule has 0 aliphatic rings. The maximum atomic E-state index is 12.9. The van der Waals surface area contributed by atoms with Crippen LogP contribution >= 0.6 is 0 Å². The van der Waals surface area contributed by atoms with Gasteiger partial charge in [0.15, 0.2) is 8.32 Å². The van der Waals surface area contributed by atoms with Crippen LogP contribution in [0.5, 0.6) is 0 Å². The topological polar surface area (TPSA) is 29.5 Å². The predicted octanol–water partition coefficient (Wildman–Crippen LogP) is 5.24. The minimum absolute atomic E-state index is 0.0713. The molecule has 0 aliphatic carbocycles. The highest BCUT2D eigenvalue weighted by molar-refractivity contribution is 6.81. The van der Waals surface area contributed by atoms with E-state index in [9.17, 15) is 4.79 Å². The van der Waals surface area contributed by atoms with Crippen LogP contribution in [0, 0.1) is 0 Å². The molecule has 3 nitrogen and oxygen atoms in total. The monoisotopic (exact) mass is 371 g/mol. The van der Waals surface area contributed by atoms with E-state index in [4.69, 9.17) is 7.17 Å². The van der Waals surface area contributed by atoms with Crippen LogP contribution < -0.4 is 0 Å². The van der Waals surface area contributed by atoms with Crippen molar-refractivity contribution in [3.8, 4) is 0 Å². The second-order valence-corrected chi connectivity index (χ2v) is 18.2. The zero-order valence-electron chi connectivity index (χ0n) is 19.5. The summed E-state index contributed by atoms with van der Waals surface area (Å²) in [6.45, 7) is 22.2. The molecule has 0 rings (SSSR count). The number of hydrogen-bond donors (Lipinski definition) is 0. The quantitative estimate of drug-likeness (QED) is 0.332. The molecule has 0 fully saturated rings. The minimum atomic E-state index is -1.98. The summed E-state index contributed by atoms with van der Waals surface area (Å²) in [7, 11) is -3.93. The SMILES string of the molecule is [2H]/C(=C(\C=C(/[2H])CO[Si](C)(C)C(C)(C)C)C(=O)N(CC)CC)[Si](C)(C)C. The number of hydrogen-bond acceptors (Lipinski definition) is 2. The molecule has 0 aliphatic heterocycles. The van der Waals surface area contributed by atoms with Gasteiger partial charge in [0, 0.05) is 18.7 Å². The molecule has 1 amide bonds. The summed E-state index contributed by atoms with van der Waals surface area (Å²) in [4.78, 5) is 14.6. The number of likely N-dealkylation sites (N-methyl/N-ethyl adjacent to an activating group) is 1. The summed E-state index contributed by atoms with van der Waals surface area (Å²) in [6, 6.07) is 0.258. The van der Waals surface area contributed by atoms with Crippen molar-refractivity contribution in [1.29, 1.82) is 0 Å². The first-order valence-corrected chi connectivity index (χ1v) is 15.3. The zero-order chi connectivity index (χ0) is 20.9. The molecule has 0 bridgehead atoms. The molecule has 0 spiro atoms. The molecule has 0 aromatic rings. The first-order chi connectivity index (χ1) is 11.6. The molecule has 0 atom stereocenters. The largest absolute Gasteiger partial charge is 0.413 e. The smallest absolute Gasteiger partial charge is 0.253 e. The Hall–Kier alpha value is -0.656. The maximum absolute atomic E-state index is 12.9. The van der Waals surface area contributed by atoms with Gasteiger partial charge in [-0.1, -0.05) is 58.2 Å². The van der Waals surface area contributed by atoms with E-state index in [0.29, 0.717) is 24.3 Å². The zero-order valence-corrected chi connectivity index (χ0v) is 19.5. The van der Waals surface area contributed by atoms with Gasteiger partial charge < -0.3 is 9.33 Å².